The fraction of sp³-hybridized carbons (Fsp3) is 1.00. The summed E-state index contributed by atoms with van der Waals surface area (Å²) in [6, 6.07) is 0. The fourth-order valence-corrected chi connectivity index (χ4v) is 1.55. The summed E-state index contributed by atoms with van der Waals surface area (Å²) in [4.78, 5) is 0. The van der Waals surface area contributed by atoms with Crippen molar-refractivity contribution in [2.45, 2.75) is 59.8 Å². The summed E-state index contributed by atoms with van der Waals surface area (Å²) >= 11 is 0. The van der Waals surface area contributed by atoms with Crippen LogP contribution in [-0.2, 0) is 0 Å². The van der Waals surface area contributed by atoms with Crippen molar-refractivity contribution in [2.75, 3.05) is 6.54 Å². The average molecular weight is 185 g/mol. The molecule has 0 amide bonds. The zero-order chi connectivity index (χ0) is 10.3. The Hall–Kier alpha value is -0.0400. The highest BCUT2D eigenvalue weighted by Crippen LogP contribution is 2.30. The van der Waals surface area contributed by atoms with Crippen LogP contribution >= 0.6 is 0 Å². The Morgan fingerprint density at radius 2 is 1.69 bits per heavy atom. The normalized spacial score (nSPS) is 12.5. The lowest BCUT2D eigenvalue weighted by Gasteiger charge is -2.25. The van der Waals surface area contributed by atoms with Crippen molar-refractivity contribution >= 4 is 0 Å². The smallest absolute Gasteiger partial charge is 0.00773 e. The van der Waals surface area contributed by atoms with Gasteiger partial charge in [0.2, 0.25) is 0 Å². The third kappa shape index (κ3) is 8.29. The first kappa shape index (κ1) is 13.0. The molecule has 0 aromatic carbocycles. The molecule has 0 radical (unpaired) electrons. The van der Waals surface area contributed by atoms with Gasteiger partial charge in [0, 0.05) is 0 Å². The van der Waals surface area contributed by atoms with Gasteiger partial charge in [0.1, 0.15) is 0 Å². The molecule has 0 rings (SSSR count). The second-order valence-electron chi connectivity index (χ2n) is 5.34. The number of unbranched alkanes of at least 4 members (excludes halogenated alkanes) is 1. The summed E-state index contributed by atoms with van der Waals surface area (Å²) in [5.41, 5.74) is 6.01. The number of rotatable bonds is 7. The standard InChI is InChI=1S/C12H27N/c1-11(2)7-9-12(3,4)8-5-6-10-13/h11H,5-10,13H2,1-4H3. The quantitative estimate of drug-likeness (QED) is 0.603. The van der Waals surface area contributed by atoms with E-state index in [0.717, 1.165) is 12.5 Å². The van der Waals surface area contributed by atoms with Crippen LogP contribution in [0.5, 0.6) is 0 Å². The van der Waals surface area contributed by atoms with Crippen LogP contribution in [0.15, 0.2) is 0 Å². The summed E-state index contributed by atoms with van der Waals surface area (Å²) in [5, 5.41) is 0. The van der Waals surface area contributed by atoms with Crippen LogP contribution in [-0.4, -0.2) is 6.54 Å². The van der Waals surface area contributed by atoms with E-state index in [2.05, 4.69) is 27.7 Å². The molecule has 0 atom stereocenters. The van der Waals surface area contributed by atoms with Gasteiger partial charge >= 0.3 is 0 Å². The molecule has 0 bridgehead atoms. The SMILES string of the molecule is CC(C)CCC(C)(C)CCCCN. The monoisotopic (exact) mass is 185 g/mol. The zero-order valence-electron chi connectivity index (χ0n) is 9.90. The van der Waals surface area contributed by atoms with Crippen LogP contribution < -0.4 is 5.73 Å². The first-order valence-electron chi connectivity index (χ1n) is 5.68. The first-order chi connectivity index (χ1) is 5.98. The molecular formula is C12H27N. The van der Waals surface area contributed by atoms with Crippen molar-refractivity contribution < 1.29 is 0 Å². The van der Waals surface area contributed by atoms with Crippen LogP contribution in [0.4, 0.5) is 0 Å². The number of hydrogen-bond acceptors (Lipinski definition) is 1. The fourth-order valence-electron chi connectivity index (χ4n) is 1.55. The maximum absolute atomic E-state index is 5.48. The van der Waals surface area contributed by atoms with Gasteiger partial charge in [0.15, 0.2) is 0 Å². The van der Waals surface area contributed by atoms with Crippen molar-refractivity contribution in [3.05, 3.63) is 0 Å². The van der Waals surface area contributed by atoms with E-state index in [1.165, 1.54) is 32.1 Å². The molecule has 0 aliphatic heterocycles. The van der Waals surface area contributed by atoms with Crippen LogP contribution in [0.25, 0.3) is 0 Å². The summed E-state index contributed by atoms with van der Waals surface area (Å²) in [7, 11) is 0. The van der Waals surface area contributed by atoms with Gasteiger partial charge in [-0.15, -0.1) is 0 Å². The molecule has 0 aromatic rings. The molecule has 0 fully saturated rings. The first-order valence-corrected chi connectivity index (χ1v) is 5.68. The zero-order valence-corrected chi connectivity index (χ0v) is 9.90. The van der Waals surface area contributed by atoms with Gasteiger partial charge < -0.3 is 5.73 Å². The Morgan fingerprint density at radius 3 is 2.15 bits per heavy atom. The molecule has 0 spiro atoms. The van der Waals surface area contributed by atoms with Gasteiger partial charge in [-0.3, -0.25) is 0 Å². The number of nitrogens with two attached hydrogens (primary N) is 1. The molecule has 1 heteroatoms. The Labute approximate surface area is 84.1 Å². The molecule has 1 nitrogen and oxygen atoms in total. The van der Waals surface area contributed by atoms with Crippen molar-refractivity contribution in [3.63, 3.8) is 0 Å². The van der Waals surface area contributed by atoms with E-state index in [9.17, 15) is 0 Å². The summed E-state index contributed by atoms with van der Waals surface area (Å²) < 4.78 is 0. The summed E-state index contributed by atoms with van der Waals surface area (Å²) in [6.45, 7) is 10.2. The molecule has 0 saturated carbocycles. The van der Waals surface area contributed by atoms with Crippen molar-refractivity contribution in [3.8, 4) is 0 Å². The van der Waals surface area contributed by atoms with Crippen molar-refractivity contribution in [2.24, 2.45) is 17.1 Å². The van der Waals surface area contributed by atoms with Gasteiger partial charge in [0.05, 0.1) is 0 Å². The molecule has 0 saturated heterocycles. The predicted molar refractivity (Wildman–Crippen MR) is 60.8 cm³/mol. The Morgan fingerprint density at radius 1 is 1.08 bits per heavy atom. The van der Waals surface area contributed by atoms with Crippen LogP contribution in [0, 0.1) is 11.3 Å². The number of hydrogen-bond donors (Lipinski definition) is 1. The second-order valence-corrected chi connectivity index (χ2v) is 5.34. The van der Waals surface area contributed by atoms with E-state index >= 15 is 0 Å². The maximum Gasteiger partial charge on any atom is -0.00773 e. The van der Waals surface area contributed by atoms with E-state index in [0.29, 0.717) is 5.41 Å². The molecule has 2 N–H and O–H groups in total. The van der Waals surface area contributed by atoms with Crippen LogP contribution in [0.3, 0.4) is 0 Å². The molecule has 0 aliphatic carbocycles. The van der Waals surface area contributed by atoms with Gasteiger partial charge in [-0.2, -0.15) is 0 Å². The molecule has 80 valence electrons. The third-order valence-electron chi connectivity index (χ3n) is 2.71. The topological polar surface area (TPSA) is 26.0 Å². The molecule has 0 heterocycles. The Bertz CT molecular complexity index is 116. The molecular weight excluding hydrogens is 158 g/mol. The Kier molecular flexibility index (Phi) is 6.40. The lowest BCUT2D eigenvalue weighted by molar-refractivity contribution is 0.273. The van der Waals surface area contributed by atoms with E-state index < -0.39 is 0 Å². The van der Waals surface area contributed by atoms with Crippen LogP contribution in [0.1, 0.15) is 59.8 Å². The molecule has 0 unspecified atom stereocenters. The van der Waals surface area contributed by atoms with E-state index in [1.54, 1.807) is 0 Å². The highest BCUT2D eigenvalue weighted by atomic mass is 14.5. The summed E-state index contributed by atoms with van der Waals surface area (Å²) in [5.74, 6) is 0.841. The maximum atomic E-state index is 5.48. The van der Waals surface area contributed by atoms with Gasteiger partial charge in [-0.1, -0.05) is 40.5 Å². The van der Waals surface area contributed by atoms with Crippen molar-refractivity contribution in [1.29, 1.82) is 0 Å². The molecule has 0 aromatic heterocycles. The highest BCUT2D eigenvalue weighted by Gasteiger charge is 2.16. The largest absolute Gasteiger partial charge is 0.330 e. The molecule has 13 heavy (non-hydrogen) atoms. The van der Waals surface area contributed by atoms with Gasteiger partial charge in [0.25, 0.3) is 0 Å². The highest BCUT2D eigenvalue weighted by molar-refractivity contribution is 4.69. The Balaban J connectivity index is 3.54. The summed E-state index contributed by atoms with van der Waals surface area (Å²) in [6.07, 6.45) is 6.52. The van der Waals surface area contributed by atoms with Gasteiger partial charge in [-0.25, -0.2) is 0 Å². The third-order valence-corrected chi connectivity index (χ3v) is 2.71. The minimum absolute atomic E-state index is 0.527. The lowest BCUT2D eigenvalue weighted by Crippen LogP contribution is -2.13. The van der Waals surface area contributed by atoms with Crippen LogP contribution in [0.2, 0.25) is 0 Å². The van der Waals surface area contributed by atoms with Gasteiger partial charge in [-0.05, 0) is 37.1 Å². The minimum Gasteiger partial charge on any atom is -0.330 e. The lowest BCUT2D eigenvalue weighted by atomic mass is 9.81. The minimum atomic E-state index is 0.527. The average Bonchev–Trinajstić information content (AvgIpc) is 2.02. The van der Waals surface area contributed by atoms with E-state index in [1.807, 2.05) is 0 Å². The molecule has 0 aliphatic rings. The predicted octanol–water partition coefficient (Wildman–Crippen LogP) is 3.58. The van der Waals surface area contributed by atoms with E-state index in [4.69, 9.17) is 5.73 Å². The van der Waals surface area contributed by atoms with E-state index in [-0.39, 0.29) is 0 Å². The second kappa shape index (κ2) is 6.42. The van der Waals surface area contributed by atoms with Crippen molar-refractivity contribution in [1.82, 2.24) is 0 Å².